The normalized spacial score (nSPS) is 13.7. The van der Waals surface area contributed by atoms with E-state index in [1.807, 2.05) is 18.3 Å². The third-order valence-corrected chi connectivity index (χ3v) is 6.19. The maximum absolute atomic E-state index is 12.8. The Morgan fingerprint density at radius 3 is 2.75 bits per heavy atom. The largest absolute Gasteiger partial charge is 0.306 e. The Balaban J connectivity index is 1.32. The fraction of sp³-hybridized carbons (Fsp3) is 0.231. The van der Waals surface area contributed by atoms with Gasteiger partial charge in [-0.3, -0.25) is 19.7 Å². The van der Waals surface area contributed by atoms with Gasteiger partial charge in [-0.25, -0.2) is 4.98 Å². The molecule has 1 N–H and O–H groups in total. The zero-order valence-corrected chi connectivity index (χ0v) is 18.3. The first-order valence-corrected chi connectivity index (χ1v) is 10.8. The quantitative estimate of drug-likeness (QED) is 0.536. The van der Waals surface area contributed by atoms with Gasteiger partial charge in [0.2, 0.25) is 0 Å². The molecule has 0 radical (unpaired) electrons. The van der Waals surface area contributed by atoms with Gasteiger partial charge in [-0.1, -0.05) is 24.3 Å². The monoisotopic (exact) mass is 423 g/mol. The number of hydrogen-bond acceptors (Lipinski definition) is 5. The third kappa shape index (κ3) is 3.97. The minimum Gasteiger partial charge on any atom is -0.306 e. The minimum absolute atomic E-state index is 0.0676. The second-order valence-corrected chi connectivity index (χ2v) is 8.34. The van der Waals surface area contributed by atoms with Gasteiger partial charge in [0.15, 0.2) is 0 Å². The summed E-state index contributed by atoms with van der Waals surface area (Å²) in [4.78, 5) is 31.5. The van der Waals surface area contributed by atoms with E-state index in [2.05, 4.69) is 59.0 Å². The van der Waals surface area contributed by atoms with Crippen molar-refractivity contribution in [1.82, 2.24) is 24.8 Å². The predicted molar refractivity (Wildman–Crippen MR) is 125 cm³/mol. The van der Waals surface area contributed by atoms with Crippen LogP contribution in [0.1, 0.15) is 27.9 Å². The van der Waals surface area contributed by atoms with Crippen molar-refractivity contribution in [3.8, 4) is 22.6 Å². The topological polar surface area (TPSA) is 74.8 Å². The van der Waals surface area contributed by atoms with E-state index in [0.717, 1.165) is 47.6 Å². The van der Waals surface area contributed by atoms with Crippen molar-refractivity contribution < 1.29 is 0 Å². The molecule has 0 saturated carbocycles. The highest BCUT2D eigenvalue weighted by atomic mass is 16.1. The molecule has 5 rings (SSSR count). The van der Waals surface area contributed by atoms with Crippen molar-refractivity contribution in [3.05, 3.63) is 99.4 Å². The number of H-pyrrole nitrogens is 1. The smallest absolute Gasteiger partial charge is 0.255 e. The molecule has 1 aromatic carbocycles. The molecule has 6 nitrogen and oxygen atoms in total. The number of aromatic amines is 1. The highest BCUT2D eigenvalue weighted by Crippen LogP contribution is 2.24. The number of pyridine rings is 2. The number of nitrogens with one attached hydrogen (secondary N) is 1. The van der Waals surface area contributed by atoms with Crippen LogP contribution in [0.2, 0.25) is 0 Å². The van der Waals surface area contributed by atoms with E-state index in [-0.39, 0.29) is 5.56 Å². The average molecular weight is 424 g/mol. The Labute approximate surface area is 187 Å². The van der Waals surface area contributed by atoms with Crippen molar-refractivity contribution in [2.24, 2.45) is 0 Å². The third-order valence-electron chi connectivity index (χ3n) is 6.19. The molecular formula is C26H25N5O. The van der Waals surface area contributed by atoms with Crippen LogP contribution in [0.3, 0.4) is 0 Å². The lowest BCUT2D eigenvalue weighted by atomic mass is 10.0. The summed E-state index contributed by atoms with van der Waals surface area (Å²) in [5.41, 5.74) is 8.22. The molecule has 0 spiro atoms. The van der Waals surface area contributed by atoms with Crippen molar-refractivity contribution in [2.75, 3.05) is 6.54 Å². The van der Waals surface area contributed by atoms with Crippen LogP contribution in [-0.2, 0) is 19.5 Å². The zero-order valence-electron chi connectivity index (χ0n) is 18.3. The van der Waals surface area contributed by atoms with E-state index < -0.39 is 0 Å². The van der Waals surface area contributed by atoms with Crippen LogP contribution in [0.4, 0.5) is 0 Å². The number of nitrogens with zero attached hydrogens (tertiary/aromatic N) is 4. The first-order valence-electron chi connectivity index (χ1n) is 10.8. The Hall–Kier alpha value is -3.64. The van der Waals surface area contributed by atoms with Crippen LogP contribution in [0.5, 0.6) is 0 Å². The second-order valence-electron chi connectivity index (χ2n) is 8.34. The van der Waals surface area contributed by atoms with Gasteiger partial charge in [0, 0.05) is 55.8 Å². The van der Waals surface area contributed by atoms with Crippen molar-refractivity contribution in [1.29, 1.82) is 0 Å². The average Bonchev–Trinajstić information content (AvgIpc) is 2.82. The second kappa shape index (κ2) is 8.48. The maximum atomic E-state index is 12.8. The summed E-state index contributed by atoms with van der Waals surface area (Å²) in [6.45, 7) is 6.45. The Morgan fingerprint density at radius 1 is 1.06 bits per heavy atom. The molecular weight excluding hydrogens is 398 g/mol. The van der Waals surface area contributed by atoms with Crippen molar-refractivity contribution in [2.45, 2.75) is 33.4 Å². The van der Waals surface area contributed by atoms with Gasteiger partial charge in [0.25, 0.3) is 5.56 Å². The first kappa shape index (κ1) is 20.3. The van der Waals surface area contributed by atoms with E-state index in [0.29, 0.717) is 12.4 Å². The Morgan fingerprint density at radius 2 is 1.97 bits per heavy atom. The highest BCUT2D eigenvalue weighted by Gasteiger charge is 2.21. The zero-order chi connectivity index (χ0) is 22.1. The standard InChI is InChI=1S/C26H25N5O/c1-17-5-3-7-21(18(17)2)23-9-8-19(13-28-23)15-31-12-10-24-22(16-31)26(32)30-25(29-24)20-6-4-11-27-14-20/h3-9,11,13-14H,10,12,15-16H2,1-2H3,(H,29,30,32). The SMILES string of the molecule is Cc1cccc(-c2ccc(CN3CCc4nc(-c5cccnc5)[nH]c(=O)c4C3)cn2)c1C. The van der Waals surface area contributed by atoms with E-state index >= 15 is 0 Å². The molecule has 1 aliphatic heterocycles. The minimum atomic E-state index is -0.0676. The number of benzene rings is 1. The molecule has 0 atom stereocenters. The summed E-state index contributed by atoms with van der Waals surface area (Å²) in [7, 11) is 0. The Bertz CT molecular complexity index is 1310. The van der Waals surface area contributed by atoms with Crippen LogP contribution >= 0.6 is 0 Å². The predicted octanol–water partition coefficient (Wildman–Crippen LogP) is 4.07. The van der Waals surface area contributed by atoms with Gasteiger partial charge < -0.3 is 4.98 Å². The Kier molecular flexibility index (Phi) is 5.37. The van der Waals surface area contributed by atoms with E-state index in [4.69, 9.17) is 9.97 Å². The molecule has 0 fully saturated rings. The van der Waals surface area contributed by atoms with Crippen LogP contribution in [0.15, 0.2) is 65.8 Å². The molecule has 6 heteroatoms. The number of hydrogen-bond donors (Lipinski definition) is 1. The van der Waals surface area contributed by atoms with Gasteiger partial charge in [-0.05, 0) is 48.7 Å². The lowest BCUT2D eigenvalue weighted by Gasteiger charge is -2.27. The lowest BCUT2D eigenvalue weighted by Crippen LogP contribution is -2.35. The summed E-state index contributed by atoms with van der Waals surface area (Å²) in [5, 5.41) is 0. The molecule has 0 aliphatic carbocycles. The van der Waals surface area contributed by atoms with Gasteiger partial charge >= 0.3 is 0 Å². The molecule has 1 aliphatic rings. The number of fused-ring (bicyclic) bond motifs is 1. The molecule has 0 amide bonds. The number of rotatable bonds is 4. The van der Waals surface area contributed by atoms with Gasteiger partial charge in [-0.15, -0.1) is 0 Å². The highest BCUT2D eigenvalue weighted by molar-refractivity contribution is 5.64. The van der Waals surface area contributed by atoms with E-state index in [9.17, 15) is 4.79 Å². The van der Waals surface area contributed by atoms with Gasteiger partial charge in [-0.2, -0.15) is 0 Å². The van der Waals surface area contributed by atoms with Crippen LogP contribution in [0.25, 0.3) is 22.6 Å². The van der Waals surface area contributed by atoms with Gasteiger partial charge in [0.05, 0.1) is 17.0 Å². The fourth-order valence-corrected chi connectivity index (χ4v) is 4.22. The molecule has 160 valence electrons. The van der Waals surface area contributed by atoms with Crippen molar-refractivity contribution >= 4 is 0 Å². The molecule has 32 heavy (non-hydrogen) atoms. The summed E-state index contributed by atoms with van der Waals surface area (Å²) in [6, 6.07) is 14.3. The molecule has 4 heterocycles. The fourth-order valence-electron chi connectivity index (χ4n) is 4.22. The molecule has 4 aromatic rings. The molecule has 0 saturated heterocycles. The maximum Gasteiger partial charge on any atom is 0.255 e. The van der Waals surface area contributed by atoms with Crippen molar-refractivity contribution in [3.63, 3.8) is 0 Å². The molecule has 0 unspecified atom stereocenters. The summed E-state index contributed by atoms with van der Waals surface area (Å²) in [6.07, 6.45) is 6.12. The number of aromatic nitrogens is 4. The van der Waals surface area contributed by atoms with Crippen LogP contribution in [-0.4, -0.2) is 31.4 Å². The molecule has 3 aromatic heterocycles. The summed E-state index contributed by atoms with van der Waals surface area (Å²) < 4.78 is 0. The summed E-state index contributed by atoms with van der Waals surface area (Å²) >= 11 is 0. The van der Waals surface area contributed by atoms with E-state index in [1.54, 1.807) is 12.4 Å². The first-order chi connectivity index (χ1) is 15.6. The van der Waals surface area contributed by atoms with Crippen LogP contribution in [0, 0.1) is 13.8 Å². The lowest BCUT2D eigenvalue weighted by molar-refractivity contribution is 0.241. The van der Waals surface area contributed by atoms with Gasteiger partial charge in [0.1, 0.15) is 5.82 Å². The van der Waals surface area contributed by atoms with Crippen LogP contribution < -0.4 is 5.56 Å². The number of aryl methyl sites for hydroxylation is 1. The molecule has 0 bridgehead atoms. The van der Waals surface area contributed by atoms with E-state index in [1.165, 1.54) is 16.7 Å². The summed E-state index contributed by atoms with van der Waals surface area (Å²) in [5.74, 6) is 0.585.